The average molecular weight is 442 g/mol. The van der Waals surface area contributed by atoms with Crippen LogP contribution in [0.1, 0.15) is 49.0 Å². The first-order chi connectivity index (χ1) is 14.8. The van der Waals surface area contributed by atoms with Gasteiger partial charge in [-0.25, -0.2) is 13.3 Å². The first-order valence-corrected chi connectivity index (χ1v) is 12.7. The van der Waals surface area contributed by atoms with Gasteiger partial charge in [0.25, 0.3) is 5.91 Å². The standard InChI is InChI=1S/C24H28FN3O2S/c1-31(30,21-7-5-19(25)6-8-21)28-24-13-16-10-17(14-24)18(15-24)12-20(11-16)27-23(29)22-4-2-3-9-26-22/h2-9,16-18,20H,1,10-15H2,(H,27,29)(H,28,30). The van der Waals surface area contributed by atoms with Gasteiger partial charge in [-0.2, -0.15) is 0 Å². The lowest BCUT2D eigenvalue weighted by Crippen LogP contribution is -2.50. The Hall–Kier alpha value is -2.25. The predicted octanol–water partition coefficient (Wildman–Crippen LogP) is 3.57. The normalized spacial score (nSPS) is 33.5. The molecule has 0 spiro atoms. The summed E-state index contributed by atoms with van der Waals surface area (Å²) in [5.41, 5.74) is 0.261. The molecule has 0 saturated heterocycles. The number of carbonyl (C=O) groups is 1. The zero-order chi connectivity index (χ0) is 21.6. The summed E-state index contributed by atoms with van der Waals surface area (Å²) in [6.45, 7) is 0. The lowest BCUT2D eigenvalue weighted by atomic mass is 9.75. The molecule has 0 radical (unpaired) electrons. The molecule has 3 fully saturated rings. The molecule has 3 aliphatic carbocycles. The molecule has 3 aliphatic rings. The summed E-state index contributed by atoms with van der Waals surface area (Å²) in [5, 5.41) is 3.21. The third-order valence-corrected chi connectivity index (χ3v) is 9.10. The molecule has 7 heteroatoms. The van der Waals surface area contributed by atoms with Crippen LogP contribution in [0.3, 0.4) is 0 Å². The third kappa shape index (κ3) is 4.13. The topological polar surface area (TPSA) is 71.1 Å². The number of rotatable bonds is 5. The van der Waals surface area contributed by atoms with Crippen molar-refractivity contribution in [3.8, 4) is 0 Å². The van der Waals surface area contributed by atoms with Crippen molar-refractivity contribution in [3.63, 3.8) is 0 Å². The van der Waals surface area contributed by atoms with E-state index in [2.05, 4.69) is 20.9 Å². The number of fused-ring (bicyclic) bond motifs is 2. The molecule has 5 rings (SSSR count). The zero-order valence-electron chi connectivity index (χ0n) is 17.4. The van der Waals surface area contributed by atoms with Gasteiger partial charge in [0.15, 0.2) is 0 Å². The van der Waals surface area contributed by atoms with Crippen LogP contribution in [0, 0.1) is 23.6 Å². The monoisotopic (exact) mass is 441 g/mol. The Morgan fingerprint density at radius 1 is 1.06 bits per heavy atom. The Morgan fingerprint density at radius 3 is 2.52 bits per heavy atom. The van der Waals surface area contributed by atoms with Crippen molar-refractivity contribution in [1.82, 2.24) is 15.0 Å². The molecule has 2 N–H and O–H groups in total. The van der Waals surface area contributed by atoms with Crippen LogP contribution in [0.5, 0.6) is 0 Å². The minimum absolute atomic E-state index is 0.108. The largest absolute Gasteiger partial charge is 0.348 e. The van der Waals surface area contributed by atoms with Crippen molar-refractivity contribution in [2.45, 2.75) is 55.0 Å². The summed E-state index contributed by atoms with van der Waals surface area (Å²) in [7, 11) is -2.71. The van der Waals surface area contributed by atoms with E-state index in [9.17, 15) is 13.4 Å². The summed E-state index contributed by atoms with van der Waals surface area (Å²) in [6.07, 6.45) is 7.55. The Morgan fingerprint density at radius 2 is 1.81 bits per heavy atom. The Kier molecular flexibility index (Phi) is 5.13. The van der Waals surface area contributed by atoms with Crippen LogP contribution in [0.15, 0.2) is 53.6 Å². The quantitative estimate of drug-likeness (QED) is 0.697. The molecular formula is C24H28FN3O2S. The van der Waals surface area contributed by atoms with Gasteiger partial charge < -0.3 is 5.32 Å². The maximum Gasteiger partial charge on any atom is 0.270 e. The number of nitrogens with zero attached hydrogens (tertiary/aromatic N) is 1. The lowest BCUT2D eigenvalue weighted by molar-refractivity contribution is 0.0916. The summed E-state index contributed by atoms with van der Waals surface area (Å²) < 4.78 is 30.2. The number of nitrogens with one attached hydrogen (secondary N) is 2. The van der Waals surface area contributed by atoms with Gasteiger partial charge in [-0.3, -0.25) is 9.78 Å². The van der Waals surface area contributed by atoms with Crippen molar-refractivity contribution < 1.29 is 13.4 Å². The second-order valence-electron chi connectivity index (χ2n) is 9.60. The number of halogens is 1. The highest BCUT2D eigenvalue weighted by atomic mass is 32.2. The van der Waals surface area contributed by atoms with E-state index in [0.29, 0.717) is 28.3 Å². The van der Waals surface area contributed by atoms with Gasteiger partial charge in [-0.15, -0.1) is 0 Å². The Labute approximate surface area is 183 Å². The fourth-order valence-electron chi connectivity index (χ4n) is 6.31. The predicted molar refractivity (Wildman–Crippen MR) is 119 cm³/mol. The second-order valence-corrected chi connectivity index (χ2v) is 11.6. The van der Waals surface area contributed by atoms with Gasteiger partial charge in [0.2, 0.25) is 0 Å². The van der Waals surface area contributed by atoms with Gasteiger partial charge in [-0.1, -0.05) is 6.07 Å². The molecule has 164 valence electrons. The number of amides is 1. The SMILES string of the molecule is C=S(=O)(NC12CC3CC(NC(=O)c4ccccn4)CC(C1)C(C3)C2)c1ccc(F)cc1. The van der Waals surface area contributed by atoms with Gasteiger partial charge in [-0.05, 0) is 98.5 Å². The van der Waals surface area contributed by atoms with E-state index in [1.54, 1.807) is 30.5 Å². The maximum absolute atomic E-state index is 13.4. The van der Waals surface area contributed by atoms with Crippen LogP contribution < -0.4 is 10.0 Å². The van der Waals surface area contributed by atoms with Crippen molar-refractivity contribution >= 4 is 21.5 Å². The highest BCUT2D eigenvalue weighted by molar-refractivity contribution is 7.98. The van der Waals surface area contributed by atoms with E-state index >= 15 is 0 Å². The fourth-order valence-corrected chi connectivity index (χ4v) is 7.95. The number of pyridine rings is 1. The highest BCUT2D eigenvalue weighted by Crippen LogP contribution is 2.55. The van der Waals surface area contributed by atoms with Crippen LogP contribution in [0.25, 0.3) is 0 Å². The number of aromatic nitrogens is 1. The van der Waals surface area contributed by atoms with Crippen molar-refractivity contribution in [3.05, 3.63) is 60.2 Å². The highest BCUT2D eigenvalue weighted by Gasteiger charge is 2.53. The number of hydrogen-bond acceptors (Lipinski definition) is 3. The summed E-state index contributed by atoms with van der Waals surface area (Å²) in [5.74, 6) is 5.06. The summed E-state index contributed by atoms with van der Waals surface area (Å²) in [6, 6.07) is 11.3. The average Bonchev–Trinajstić information content (AvgIpc) is 2.89. The molecule has 1 aromatic carbocycles. The van der Waals surface area contributed by atoms with E-state index < -0.39 is 9.71 Å². The van der Waals surface area contributed by atoms with Gasteiger partial charge in [0.1, 0.15) is 11.5 Å². The fraction of sp³-hybridized carbons (Fsp3) is 0.458. The van der Waals surface area contributed by atoms with E-state index in [0.717, 1.165) is 32.1 Å². The molecule has 2 aromatic rings. The second kappa shape index (κ2) is 7.71. The minimum atomic E-state index is -2.71. The van der Waals surface area contributed by atoms with E-state index in [1.807, 2.05) is 6.07 Å². The van der Waals surface area contributed by atoms with E-state index in [-0.39, 0.29) is 23.3 Å². The first-order valence-electron chi connectivity index (χ1n) is 11.0. The first kappa shape index (κ1) is 20.6. The molecule has 3 saturated carbocycles. The molecule has 1 aromatic heterocycles. The van der Waals surface area contributed by atoms with Crippen molar-refractivity contribution in [1.29, 1.82) is 0 Å². The van der Waals surface area contributed by atoms with Crippen molar-refractivity contribution in [2.75, 3.05) is 0 Å². The number of benzene rings is 1. The molecular weight excluding hydrogens is 413 g/mol. The maximum atomic E-state index is 13.4. The minimum Gasteiger partial charge on any atom is -0.348 e. The molecule has 31 heavy (non-hydrogen) atoms. The molecule has 6 unspecified atom stereocenters. The van der Waals surface area contributed by atoms with E-state index in [4.69, 9.17) is 0 Å². The molecule has 6 atom stereocenters. The summed E-state index contributed by atoms with van der Waals surface area (Å²) >= 11 is 0. The number of hydrogen-bond donors (Lipinski definition) is 2. The summed E-state index contributed by atoms with van der Waals surface area (Å²) in [4.78, 5) is 17.3. The van der Waals surface area contributed by atoms with Crippen molar-refractivity contribution in [2.24, 2.45) is 17.8 Å². The molecule has 3 bridgehead atoms. The Balaban J connectivity index is 1.30. The van der Waals surface area contributed by atoms with Crippen LogP contribution in [0.4, 0.5) is 4.39 Å². The van der Waals surface area contributed by atoms with Crippen LogP contribution in [-0.4, -0.2) is 32.6 Å². The van der Waals surface area contributed by atoms with Crippen LogP contribution in [0.2, 0.25) is 0 Å². The molecule has 0 aliphatic heterocycles. The van der Waals surface area contributed by atoms with Gasteiger partial charge in [0, 0.05) is 22.7 Å². The third-order valence-electron chi connectivity index (χ3n) is 7.30. The van der Waals surface area contributed by atoms with Crippen LogP contribution >= 0.6 is 0 Å². The molecule has 1 heterocycles. The lowest BCUT2D eigenvalue weighted by Gasteiger charge is -2.40. The zero-order valence-corrected chi connectivity index (χ0v) is 18.2. The molecule has 5 nitrogen and oxygen atoms in total. The van der Waals surface area contributed by atoms with Gasteiger partial charge in [0.05, 0.1) is 9.71 Å². The smallest absolute Gasteiger partial charge is 0.270 e. The van der Waals surface area contributed by atoms with Crippen LogP contribution in [-0.2, 0) is 9.71 Å². The Bertz CT molecular complexity index is 1070. The van der Waals surface area contributed by atoms with E-state index in [1.165, 1.54) is 18.6 Å². The van der Waals surface area contributed by atoms with Gasteiger partial charge >= 0.3 is 0 Å². The number of carbonyl (C=O) groups excluding carboxylic acids is 1. The molecule has 1 amide bonds.